The van der Waals surface area contributed by atoms with Gasteiger partial charge in [-0.05, 0) is 24.1 Å². The molecule has 0 atom stereocenters. The van der Waals surface area contributed by atoms with Crippen LogP contribution in [0.2, 0.25) is 0 Å². The van der Waals surface area contributed by atoms with Crippen molar-refractivity contribution in [3.63, 3.8) is 0 Å². The van der Waals surface area contributed by atoms with Crippen molar-refractivity contribution in [2.24, 2.45) is 0 Å². The summed E-state index contributed by atoms with van der Waals surface area (Å²) in [5, 5.41) is 3.36. The summed E-state index contributed by atoms with van der Waals surface area (Å²) < 4.78 is 0. The van der Waals surface area contributed by atoms with Crippen LogP contribution < -0.4 is 5.32 Å². The van der Waals surface area contributed by atoms with Gasteiger partial charge in [0.25, 0.3) is 0 Å². The first kappa shape index (κ1) is 12.4. The van der Waals surface area contributed by atoms with Gasteiger partial charge >= 0.3 is 0 Å². The Balaban J connectivity index is 0.00000112. The average Bonchev–Trinajstić information content (AvgIpc) is 2.29. The third-order valence-corrected chi connectivity index (χ3v) is 2.68. The molecule has 84 valence electrons. The van der Waals surface area contributed by atoms with Crippen molar-refractivity contribution in [3.05, 3.63) is 30.1 Å². The molecule has 0 spiro atoms. The van der Waals surface area contributed by atoms with Crippen LogP contribution in [0.5, 0.6) is 0 Å². The Bertz CT molecular complexity index is 260. The largest absolute Gasteiger partial charge is 0.314 e. The van der Waals surface area contributed by atoms with Crippen LogP contribution in [0.3, 0.4) is 0 Å². The molecule has 0 saturated carbocycles. The molecule has 0 amide bonds. The summed E-state index contributed by atoms with van der Waals surface area (Å²) in [5.41, 5.74) is 1.39. The van der Waals surface area contributed by atoms with E-state index in [9.17, 15) is 0 Å². The monoisotopic (exact) mass is 227 g/mol. The maximum Gasteiger partial charge on any atom is 0.0270 e. The smallest absolute Gasteiger partial charge is 0.0270 e. The maximum atomic E-state index is 4.02. The highest BCUT2D eigenvalue weighted by Crippen LogP contribution is 2.00. The van der Waals surface area contributed by atoms with Gasteiger partial charge in [0.05, 0.1) is 0 Å². The van der Waals surface area contributed by atoms with Crippen LogP contribution in [0.4, 0.5) is 0 Å². The van der Waals surface area contributed by atoms with Gasteiger partial charge in [-0.15, -0.1) is 12.4 Å². The van der Waals surface area contributed by atoms with Gasteiger partial charge in [0.1, 0.15) is 0 Å². The topological polar surface area (TPSA) is 28.2 Å². The van der Waals surface area contributed by atoms with Crippen molar-refractivity contribution in [2.45, 2.75) is 6.42 Å². The second kappa shape index (κ2) is 6.77. The molecule has 1 aliphatic rings. The fourth-order valence-electron chi connectivity index (χ4n) is 1.77. The minimum Gasteiger partial charge on any atom is -0.314 e. The van der Waals surface area contributed by atoms with Gasteiger partial charge in [-0.2, -0.15) is 0 Å². The molecule has 1 fully saturated rings. The Morgan fingerprint density at radius 2 is 1.87 bits per heavy atom. The van der Waals surface area contributed by atoms with Crippen LogP contribution in [-0.2, 0) is 6.42 Å². The Morgan fingerprint density at radius 1 is 1.20 bits per heavy atom. The van der Waals surface area contributed by atoms with E-state index in [4.69, 9.17) is 0 Å². The lowest BCUT2D eigenvalue weighted by Gasteiger charge is -2.27. The molecule has 2 heterocycles. The number of nitrogens with one attached hydrogen (secondary N) is 1. The predicted molar refractivity (Wildman–Crippen MR) is 64.5 cm³/mol. The van der Waals surface area contributed by atoms with Gasteiger partial charge in [0.15, 0.2) is 0 Å². The fourth-order valence-corrected chi connectivity index (χ4v) is 1.77. The highest BCUT2D eigenvalue weighted by molar-refractivity contribution is 5.85. The van der Waals surface area contributed by atoms with Crippen molar-refractivity contribution < 1.29 is 0 Å². The van der Waals surface area contributed by atoms with E-state index in [-0.39, 0.29) is 12.4 Å². The summed E-state index contributed by atoms with van der Waals surface area (Å²) in [5.74, 6) is 0. The van der Waals surface area contributed by atoms with Crippen LogP contribution >= 0.6 is 12.4 Å². The van der Waals surface area contributed by atoms with E-state index in [0.29, 0.717) is 0 Å². The second-order valence-electron chi connectivity index (χ2n) is 3.70. The van der Waals surface area contributed by atoms with Crippen LogP contribution in [0.15, 0.2) is 24.5 Å². The lowest BCUT2D eigenvalue weighted by atomic mass is 10.2. The predicted octanol–water partition coefficient (Wildman–Crippen LogP) is 0.951. The quantitative estimate of drug-likeness (QED) is 0.834. The molecule has 3 nitrogen and oxygen atoms in total. The van der Waals surface area contributed by atoms with Crippen LogP contribution in [-0.4, -0.2) is 42.6 Å². The first-order valence-electron chi connectivity index (χ1n) is 5.27. The molecule has 1 aromatic heterocycles. The van der Waals surface area contributed by atoms with Gasteiger partial charge in [-0.3, -0.25) is 4.98 Å². The van der Waals surface area contributed by atoms with Crippen molar-refractivity contribution in [3.8, 4) is 0 Å². The van der Waals surface area contributed by atoms with Crippen LogP contribution in [0.25, 0.3) is 0 Å². The summed E-state index contributed by atoms with van der Waals surface area (Å²) in [6, 6.07) is 4.20. The number of hydrogen-bond acceptors (Lipinski definition) is 3. The molecule has 0 bridgehead atoms. The van der Waals surface area contributed by atoms with E-state index in [1.807, 2.05) is 12.4 Å². The zero-order chi connectivity index (χ0) is 9.64. The molecular weight excluding hydrogens is 210 g/mol. The van der Waals surface area contributed by atoms with E-state index in [0.717, 1.165) is 19.5 Å². The summed E-state index contributed by atoms with van der Waals surface area (Å²) in [6.45, 7) is 5.81. The second-order valence-corrected chi connectivity index (χ2v) is 3.70. The zero-order valence-corrected chi connectivity index (χ0v) is 9.67. The maximum absolute atomic E-state index is 4.02. The lowest BCUT2D eigenvalue weighted by molar-refractivity contribution is 0.244. The summed E-state index contributed by atoms with van der Waals surface area (Å²) in [4.78, 5) is 6.53. The van der Waals surface area contributed by atoms with Gasteiger partial charge < -0.3 is 10.2 Å². The van der Waals surface area contributed by atoms with Crippen molar-refractivity contribution in [1.29, 1.82) is 0 Å². The van der Waals surface area contributed by atoms with E-state index in [1.54, 1.807) is 0 Å². The van der Waals surface area contributed by atoms with Crippen molar-refractivity contribution in [2.75, 3.05) is 32.7 Å². The Kier molecular flexibility index (Phi) is 5.61. The lowest BCUT2D eigenvalue weighted by Crippen LogP contribution is -2.44. The molecule has 4 heteroatoms. The summed E-state index contributed by atoms with van der Waals surface area (Å²) in [7, 11) is 0. The third-order valence-electron chi connectivity index (χ3n) is 2.68. The Hall–Kier alpha value is -0.640. The SMILES string of the molecule is Cl.c1cc(CCN2CCNCC2)ccn1. The van der Waals surface area contributed by atoms with E-state index in [2.05, 4.69) is 27.3 Å². The normalized spacial score (nSPS) is 17.1. The van der Waals surface area contributed by atoms with Crippen molar-refractivity contribution >= 4 is 12.4 Å². The van der Waals surface area contributed by atoms with Gasteiger partial charge in [-0.25, -0.2) is 0 Å². The average molecular weight is 228 g/mol. The first-order chi connectivity index (χ1) is 6.95. The number of hydrogen-bond donors (Lipinski definition) is 1. The van der Waals surface area contributed by atoms with Gasteiger partial charge in [0.2, 0.25) is 0 Å². The Morgan fingerprint density at radius 3 is 2.53 bits per heavy atom. The molecule has 1 saturated heterocycles. The number of piperazine rings is 1. The van der Waals surface area contributed by atoms with Gasteiger partial charge in [0, 0.05) is 45.1 Å². The van der Waals surface area contributed by atoms with E-state index >= 15 is 0 Å². The molecule has 0 aliphatic carbocycles. The number of pyridine rings is 1. The number of rotatable bonds is 3. The first-order valence-corrected chi connectivity index (χ1v) is 5.27. The molecule has 15 heavy (non-hydrogen) atoms. The standard InChI is InChI=1S/C11H17N3.ClH/c1-4-12-5-2-11(1)3-8-14-9-6-13-7-10-14;/h1-2,4-5,13H,3,6-10H2;1H. The molecular formula is C11H18ClN3. The fraction of sp³-hybridized carbons (Fsp3) is 0.545. The molecule has 2 rings (SSSR count). The van der Waals surface area contributed by atoms with Crippen molar-refractivity contribution in [1.82, 2.24) is 15.2 Å². The molecule has 0 radical (unpaired) electrons. The minimum absolute atomic E-state index is 0. The highest BCUT2D eigenvalue weighted by atomic mass is 35.5. The molecule has 0 aromatic carbocycles. The van der Waals surface area contributed by atoms with E-state index in [1.165, 1.54) is 25.2 Å². The Labute approximate surface area is 97.3 Å². The number of halogens is 1. The zero-order valence-electron chi connectivity index (χ0n) is 8.85. The summed E-state index contributed by atoms with van der Waals surface area (Å²) in [6.07, 6.45) is 4.88. The van der Waals surface area contributed by atoms with Crippen LogP contribution in [0, 0.1) is 0 Å². The summed E-state index contributed by atoms with van der Waals surface area (Å²) >= 11 is 0. The number of aromatic nitrogens is 1. The van der Waals surface area contributed by atoms with Gasteiger partial charge in [-0.1, -0.05) is 0 Å². The minimum atomic E-state index is 0. The van der Waals surface area contributed by atoms with E-state index < -0.39 is 0 Å². The van der Waals surface area contributed by atoms with Crippen LogP contribution in [0.1, 0.15) is 5.56 Å². The number of nitrogens with zero attached hydrogens (tertiary/aromatic N) is 2. The molecule has 1 aromatic rings. The molecule has 1 N–H and O–H groups in total. The molecule has 0 unspecified atom stereocenters. The highest BCUT2D eigenvalue weighted by Gasteiger charge is 2.08. The molecule has 1 aliphatic heterocycles. The third kappa shape index (κ3) is 4.16.